The molecule has 1 N–H and O–H groups in total. The van der Waals surface area contributed by atoms with Crippen LogP contribution in [-0.4, -0.2) is 15.9 Å². The average molecular weight is 248 g/mol. The SMILES string of the molecule is O=C(Cc1cccnc1)Nc1ccnc(Cl)c1. The van der Waals surface area contributed by atoms with Crippen molar-refractivity contribution in [1.82, 2.24) is 9.97 Å². The zero-order valence-corrected chi connectivity index (χ0v) is 9.69. The number of pyridine rings is 2. The summed E-state index contributed by atoms with van der Waals surface area (Å²) in [7, 11) is 0. The highest BCUT2D eigenvalue weighted by Crippen LogP contribution is 2.12. The summed E-state index contributed by atoms with van der Waals surface area (Å²) in [4.78, 5) is 19.5. The first-order chi connectivity index (χ1) is 8.24. The number of halogens is 1. The molecule has 4 nitrogen and oxygen atoms in total. The fourth-order valence-electron chi connectivity index (χ4n) is 1.37. The van der Waals surface area contributed by atoms with E-state index in [1.165, 1.54) is 0 Å². The van der Waals surface area contributed by atoms with Gasteiger partial charge in [0.15, 0.2) is 0 Å². The van der Waals surface area contributed by atoms with Crippen molar-refractivity contribution >= 4 is 23.2 Å². The van der Waals surface area contributed by atoms with Gasteiger partial charge in [-0.15, -0.1) is 0 Å². The van der Waals surface area contributed by atoms with Gasteiger partial charge >= 0.3 is 0 Å². The quantitative estimate of drug-likeness (QED) is 0.847. The van der Waals surface area contributed by atoms with E-state index in [-0.39, 0.29) is 12.3 Å². The smallest absolute Gasteiger partial charge is 0.228 e. The molecule has 0 aliphatic heterocycles. The Bertz CT molecular complexity index is 516. The Morgan fingerprint density at radius 3 is 2.94 bits per heavy atom. The fraction of sp³-hybridized carbons (Fsp3) is 0.0833. The molecular formula is C12H10ClN3O. The van der Waals surface area contributed by atoms with E-state index in [1.807, 2.05) is 6.07 Å². The van der Waals surface area contributed by atoms with E-state index in [0.717, 1.165) is 5.56 Å². The van der Waals surface area contributed by atoms with Gasteiger partial charge in [-0.1, -0.05) is 17.7 Å². The van der Waals surface area contributed by atoms with Gasteiger partial charge in [0.1, 0.15) is 5.15 Å². The summed E-state index contributed by atoms with van der Waals surface area (Å²) in [6.45, 7) is 0. The first-order valence-electron chi connectivity index (χ1n) is 5.04. The van der Waals surface area contributed by atoms with Crippen LogP contribution in [0.1, 0.15) is 5.56 Å². The molecule has 0 saturated heterocycles. The van der Waals surface area contributed by atoms with Crippen molar-refractivity contribution in [3.63, 3.8) is 0 Å². The van der Waals surface area contributed by atoms with E-state index in [1.54, 1.807) is 36.8 Å². The van der Waals surface area contributed by atoms with Gasteiger partial charge in [-0.25, -0.2) is 4.98 Å². The molecule has 2 heterocycles. The van der Waals surface area contributed by atoms with Gasteiger partial charge in [0.2, 0.25) is 5.91 Å². The molecule has 0 aromatic carbocycles. The topological polar surface area (TPSA) is 54.9 Å². The predicted octanol–water partition coefficient (Wildman–Crippen LogP) is 2.31. The summed E-state index contributed by atoms with van der Waals surface area (Å²) in [6.07, 6.45) is 5.17. The van der Waals surface area contributed by atoms with E-state index < -0.39 is 0 Å². The van der Waals surface area contributed by atoms with Crippen LogP contribution in [0.2, 0.25) is 5.15 Å². The van der Waals surface area contributed by atoms with Crippen molar-refractivity contribution in [3.8, 4) is 0 Å². The lowest BCUT2D eigenvalue weighted by Gasteiger charge is -2.04. The maximum absolute atomic E-state index is 11.7. The Morgan fingerprint density at radius 1 is 1.35 bits per heavy atom. The molecule has 0 spiro atoms. The van der Waals surface area contributed by atoms with Gasteiger partial charge in [0.25, 0.3) is 0 Å². The number of amides is 1. The zero-order chi connectivity index (χ0) is 12.1. The van der Waals surface area contributed by atoms with Crippen LogP contribution in [0.4, 0.5) is 5.69 Å². The van der Waals surface area contributed by atoms with Gasteiger partial charge in [0.05, 0.1) is 6.42 Å². The molecule has 0 unspecified atom stereocenters. The van der Waals surface area contributed by atoms with E-state index in [0.29, 0.717) is 10.8 Å². The fourth-order valence-corrected chi connectivity index (χ4v) is 1.55. The molecular weight excluding hydrogens is 238 g/mol. The summed E-state index contributed by atoms with van der Waals surface area (Å²) in [6, 6.07) is 6.94. The summed E-state index contributed by atoms with van der Waals surface area (Å²) < 4.78 is 0. The Balaban J connectivity index is 1.98. The molecule has 1 amide bonds. The molecule has 0 aliphatic rings. The first kappa shape index (κ1) is 11.5. The highest BCUT2D eigenvalue weighted by atomic mass is 35.5. The maximum atomic E-state index is 11.7. The first-order valence-corrected chi connectivity index (χ1v) is 5.42. The molecule has 0 saturated carbocycles. The van der Waals surface area contributed by atoms with Gasteiger partial charge < -0.3 is 5.32 Å². The molecule has 86 valence electrons. The largest absolute Gasteiger partial charge is 0.326 e. The predicted molar refractivity (Wildman–Crippen MR) is 65.8 cm³/mol. The summed E-state index contributed by atoms with van der Waals surface area (Å²) >= 11 is 5.72. The van der Waals surface area contributed by atoms with Crippen molar-refractivity contribution < 1.29 is 4.79 Å². The van der Waals surface area contributed by atoms with E-state index in [4.69, 9.17) is 11.6 Å². The van der Waals surface area contributed by atoms with Crippen molar-refractivity contribution in [1.29, 1.82) is 0 Å². The minimum Gasteiger partial charge on any atom is -0.326 e. The number of aromatic nitrogens is 2. The van der Waals surface area contributed by atoms with Gasteiger partial charge in [-0.2, -0.15) is 0 Å². The Labute approximate surface area is 104 Å². The maximum Gasteiger partial charge on any atom is 0.228 e. The average Bonchev–Trinajstić information content (AvgIpc) is 2.30. The molecule has 0 aliphatic carbocycles. The standard InChI is InChI=1S/C12H10ClN3O/c13-11-7-10(3-5-15-11)16-12(17)6-9-2-1-4-14-8-9/h1-5,7-8H,6H2,(H,15,16,17). The van der Waals surface area contributed by atoms with Gasteiger partial charge in [-0.05, 0) is 23.8 Å². The monoisotopic (exact) mass is 247 g/mol. The normalized spacial score (nSPS) is 9.94. The number of hydrogen-bond acceptors (Lipinski definition) is 3. The Morgan fingerprint density at radius 2 is 2.24 bits per heavy atom. The molecule has 2 aromatic heterocycles. The lowest BCUT2D eigenvalue weighted by molar-refractivity contribution is -0.115. The second-order valence-electron chi connectivity index (χ2n) is 3.45. The lowest BCUT2D eigenvalue weighted by Crippen LogP contribution is -2.14. The third kappa shape index (κ3) is 3.53. The Kier molecular flexibility index (Phi) is 3.67. The number of anilines is 1. The van der Waals surface area contributed by atoms with Crippen molar-refractivity contribution in [3.05, 3.63) is 53.6 Å². The van der Waals surface area contributed by atoms with E-state index in [2.05, 4.69) is 15.3 Å². The number of carbonyl (C=O) groups excluding carboxylic acids is 1. The van der Waals surface area contributed by atoms with Crippen LogP contribution in [0, 0.1) is 0 Å². The molecule has 17 heavy (non-hydrogen) atoms. The highest BCUT2D eigenvalue weighted by Gasteiger charge is 2.04. The van der Waals surface area contributed by atoms with Crippen LogP contribution < -0.4 is 5.32 Å². The molecule has 5 heteroatoms. The van der Waals surface area contributed by atoms with Gasteiger partial charge in [-0.3, -0.25) is 9.78 Å². The van der Waals surface area contributed by atoms with Crippen molar-refractivity contribution in [2.45, 2.75) is 6.42 Å². The van der Waals surface area contributed by atoms with Crippen molar-refractivity contribution in [2.75, 3.05) is 5.32 Å². The third-order valence-corrected chi connectivity index (χ3v) is 2.30. The molecule has 2 rings (SSSR count). The summed E-state index contributed by atoms with van der Waals surface area (Å²) in [5.74, 6) is -0.111. The number of hydrogen-bond donors (Lipinski definition) is 1. The minimum atomic E-state index is -0.111. The van der Waals surface area contributed by atoms with Crippen molar-refractivity contribution in [2.24, 2.45) is 0 Å². The number of carbonyl (C=O) groups is 1. The second-order valence-corrected chi connectivity index (χ2v) is 3.84. The van der Waals surface area contributed by atoms with Crippen LogP contribution in [0.3, 0.4) is 0 Å². The van der Waals surface area contributed by atoms with Crippen LogP contribution in [0.25, 0.3) is 0 Å². The summed E-state index contributed by atoms with van der Waals surface area (Å²) in [5, 5.41) is 3.09. The summed E-state index contributed by atoms with van der Waals surface area (Å²) in [5.41, 5.74) is 1.50. The Hall–Kier alpha value is -1.94. The molecule has 0 bridgehead atoms. The molecule has 0 radical (unpaired) electrons. The van der Waals surface area contributed by atoms with E-state index >= 15 is 0 Å². The zero-order valence-electron chi connectivity index (χ0n) is 8.93. The molecule has 0 fully saturated rings. The van der Waals surface area contributed by atoms with Crippen LogP contribution >= 0.6 is 11.6 Å². The molecule has 2 aromatic rings. The third-order valence-electron chi connectivity index (χ3n) is 2.10. The van der Waals surface area contributed by atoms with Gasteiger partial charge in [0, 0.05) is 24.3 Å². The van der Waals surface area contributed by atoms with Crippen LogP contribution in [0.5, 0.6) is 0 Å². The van der Waals surface area contributed by atoms with E-state index in [9.17, 15) is 4.79 Å². The van der Waals surface area contributed by atoms with Crippen LogP contribution in [0.15, 0.2) is 42.9 Å². The second kappa shape index (κ2) is 5.41. The number of nitrogens with zero attached hydrogens (tertiary/aromatic N) is 2. The number of rotatable bonds is 3. The molecule has 0 atom stereocenters. The van der Waals surface area contributed by atoms with Crippen LogP contribution in [-0.2, 0) is 11.2 Å². The minimum absolute atomic E-state index is 0.111. The number of nitrogens with one attached hydrogen (secondary N) is 1. The highest BCUT2D eigenvalue weighted by molar-refractivity contribution is 6.29. The lowest BCUT2D eigenvalue weighted by atomic mass is 10.2.